The number of rotatable bonds is 3. The smallest absolute Gasteiger partial charge is 0.231 e. The van der Waals surface area contributed by atoms with Gasteiger partial charge in [0.25, 0.3) is 0 Å². The lowest BCUT2D eigenvalue weighted by Crippen LogP contribution is -2.28. The molecule has 0 spiro atoms. The number of ketones is 1. The Morgan fingerprint density at radius 3 is 2.72 bits per heavy atom. The summed E-state index contributed by atoms with van der Waals surface area (Å²) in [6.45, 7) is 1.91. The second-order valence-electron chi connectivity index (χ2n) is 6.97. The summed E-state index contributed by atoms with van der Waals surface area (Å²) >= 11 is 0. The van der Waals surface area contributed by atoms with Crippen molar-refractivity contribution >= 4 is 17.5 Å². The number of amides is 1. The maximum absolute atomic E-state index is 13.3. The van der Waals surface area contributed by atoms with Crippen LogP contribution in [-0.4, -0.2) is 28.3 Å². The zero-order chi connectivity index (χ0) is 20.1. The molecule has 0 saturated heterocycles. The summed E-state index contributed by atoms with van der Waals surface area (Å²) < 4.78 is 25.5. The maximum atomic E-state index is 13.3. The van der Waals surface area contributed by atoms with Gasteiger partial charge in [0.05, 0.1) is 17.3 Å². The molecule has 3 heterocycles. The van der Waals surface area contributed by atoms with Crippen molar-refractivity contribution in [3.8, 4) is 17.2 Å². The average Bonchev–Trinajstić information content (AvgIpc) is 3.31. The molecule has 2 aliphatic rings. The minimum absolute atomic E-state index is 0.0240. The van der Waals surface area contributed by atoms with Crippen LogP contribution in [-0.2, 0) is 4.79 Å². The van der Waals surface area contributed by atoms with Gasteiger partial charge >= 0.3 is 0 Å². The highest BCUT2D eigenvalue weighted by Crippen LogP contribution is 2.40. The van der Waals surface area contributed by atoms with Crippen molar-refractivity contribution in [3.63, 3.8) is 0 Å². The second-order valence-corrected chi connectivity index (χ2v) is 6.97. The molecule has 5 rings (SSSR count). The number of hydrogen-bond donors (Lipinski definition) is 1. The first-order valence-corrected chi connectivity index (χ1v) is 9.10. The first-order valence-electron chi connectivity index (χ1n) is 9.10. The minimum Gasteiger partial charge on any atom is -0.454 e. The van der Waals surface area contributed by atoms with Crippen molar-refractivity contribution in [1.29, 1.82) is 0 Å². The molecule has 0 saturated carbocycles. The normalized spacial score (nSPS) is 17.0. The monoisotopic (exact) mass is 393 g/mol. The van der Waals surface area contributed by atoms with Gasteiger partial charge in [-0.2, -0.15) is 5.10 Å². The van der Waals surface area contributed by atoms with Crippen LogP contribution >= 0.6 is 0 Å². The number of halogens is 1. The number of anilines is 1. The van der Waals surface area contributed by atoms with Crippen LogP contribution in [0.1, 0.15) is 34.0 Å². The Morgan fingerprint density at radius 2 is 1.93 bits per heavy atom. The van der Waals surface area contributed by atoms with Gasteiger partial charge in [-0.1, -0.05) is 0 Å². The van der Waals surface area contributed by atoms with E-state index in [0.29, 0.717) is 39.8 Å². The predicted molar refractivity (Wildman–Crippen MR) is 101 cm³/mol. The zero-order valence-corrected chi connectivity index (χ0v) is 15.4. The first-order chi connectivity index (χ1) is 14.0. The standard InChI is InChI=1S/C21H16FN3O4/c1-11-19-15(20(27)12-2-7-16-17(8-12)29-10-28-16)9-18(26)23-21(19)25(24-11)14-5-3-13(22)4-6-14/h2-8,15H,9-10H2,1H3,(H,23,26). The number of aromatic nitrogens is 2. The molecule has 1 unspecified atom stereocenters. The lowest BCUT2D eigenvalue weighted by atomic mass is 9.85. The Balaban J connectivity index is 1.58. The number of carbonyl (C=O) groups excluding carboxylic acids is 2. The largest absolute Gasteiger partial charge is 0.454 e. The average molecular weight is 393 g/mol. The molecule has 1 N–H and O–H groups in total. The summed E-state index contributed by atoms with van der Waals surface area (Å²) in [5.41, 5.74) is 2.32. The van der Waals surface area contributed by atoms with Crippen LogP contribution in [0.2, 0.25) is 0 Å². The third-order valence-electron chi connectivity index (χ3n) is 5.15. The van der Waals surface area contributed by atoms with E-state index in [-0.39, 0.29) is 30.7 Å². The Bertz CT molecular complexity index is 1150. The van der Waals surface area contributed by atoms with Crippen molar-refractivity contribution in [2.75, 3.05) is 12.1 Å². The van der Waals surface area contributed by atoms with E-state index in [0.717, 1.165) is 0 Å². The number of aryl methyl sites for hydroxylation is 1. The molecule has 0 aliphatic carbocycles. The molecular formula is C21H16FN3O4. The Morgan fingerprint density at radius 1 is 1.17 bits per heavy atom. The summed E-state index contributed by atoms with van der Waals surface area (Å²) in [6, 6.07) is 10.8. The van der Waals surface area contributed by atoms with Crippen LogP contribution in [0.25, 0.3) is 5.69 Å². The van der Waals surface area contributed by atoms with Gasteiger partial charge in [0.1, 0.15) is 11.6 Å². The number of Topliss-reactive ketones (excluding diaryl/α,β-unsaturated/α-hetero) is 1. The third kappa shape index (κ3) is 2.84. The van der Waals surface area contributed by atoms with E-state index < -0.39 is 5.92 Å². The molecule has 29 heavy (non-hydrogen) atoms. The molecule has 7 nitrogen and oxygen atoms in total. The van der Waals surface area contributed by atoms with Crippen molar-refractivity contribution in [3.05, 3.63) is 65.1 Å². The third-order valence-corrected chi connectivity index (χ3v) is 5.15. The molecule has 1 atom stereocenters. The van der Waals surface area contributed by atoms with E-state index in [1.807, 2.05) is 0 Å². The fourth-order valence-corrected chi connectivity index (χ4v) is 3.79. The van der Waals surface area contributed by atoms with Gasteiger partial charge in [-0.3, -0.25) is 9.59 Å². The molecule has 1 amide bonds. The van der Waals surface area contributed by atoms with Crippen LogP contribution < -0.4 is 14.8 Å². The number of carbonyl (C=O) groups is 2. The Hall–Kier alpha value is -3.68. The minimum atomic E-state index is -0.673. The van der Waals surface area contributed by atoms with Gasteiger partial charge < -0.3 is 14.8 Å². The van der Waals surface area contributed by atoms with Crippen molar-refractivity contribution in [2.45, 2.75) is 19.3 Å². The fourth-order valence-electron chi connectivity index (χ4n) is 3.79. The highest BCUT2D eigenvalue weighted by atomic mass is 19.1. The SMILES string of the molecule is Cc1nn(-c2ccc(F)cc2)c2c1C(C(=O)c1ccc3c(c1)OCO3)CC(=O)N2. The molecule has 3 aromatic rings. The number of benzene rings is 2. The summed E-state index contributed by atoms with van der Waals surface area (Å²) in [5, 5.41) is 7.30. The number of nitrogens with one attached hydrogen (secondary N) is 1. The van der Waals surface area contributed by atoms with E-state index in [1.54, 1.807) is 37.3 Å². The van der Waals surface area contributed by atoms with Crippen molar-refractivity contribution in [1.82, 2.24) is 9.78 Å². The summed E-state index contributed by atoms with van der Waals surface area (Å²) in [6.07, 6.45) is 0.0240. The number of nitrogens with zero attached hydrogens (tertiary/aromatic N) is 2. The van der Waals surface area contributed by atoms with E-state index >= 15 is 0 Å². The van der Waals surface area contributed by atoms with Gasteiger partial charge in [-0.05, 0) is 49.4 Å². The lowest BCUT2D eigenvalue weighted by molar-refractivity contribution is -0.116. The lowest BCUT2D eigenvalue weighted by Gasteiger charge is -2.23. The number of fused-ring (bicyclic) bond motifs is 2. The first kappa shape index (κ1) is 17.4. The maximum Gasteiger partial charge on any atom is 0.231 e. The molecule has 1 aromatic heterocycles. The summed E-state index contributed by atoms with van der Waals surface area (Å²) in [4.78, 5) is 25.7. The molecule has 0 bridgehead atoms. The van der Waals surface area contributed by atoms with E-state index in [9.17, 15) is 14.0 Å². The van der Waals surface area contributed by atoms with Crippen molar-refractivity contribution in [2.24, 2.45) is 0 Å². The predicted octanol–water partition coefficient (Wildman–Crippen LogP) is 3.36. The molecule has 2 aromatic carbocycles. The van der Waals surface area contributed by atoms with Gasteiger partial charge in [-0.25, -0.2) is 9.07 Å². The Kier molecular flexibility index (Phi) is 3.87. The number of ether oxygens (including phenoxy) is 2. The van der Waals surface area contributed by atoms with Gasteiger partial charge in [0, 0.05) is 17.5 Å². The van der Waals surface area contributed by atoms with E-state index in [4.69, 9.17) is 9.47 Å². The quantitative estimate of drug-likeness (QED) is 0.690. The van der Waals surface area contributed by atoms with Crippen LogP contribution in [0, 0.1) is 12.7 Å². The topological polar surface area (TPSA) is 82.5 Å². The number of hydrogen-bond acceptors (Lipinski definition) is 5. The second kappa shape index (κ2) is 6.44. The highest BCUT2D eigenvalue weighted by molar-refractivity contribution is 6.08. The summed E-state index contributed by atoms with van der Waals surface area (Å²) in [7, 11) is 0. The molecule has 8 heteroatoms. The Labute approximate surface area is 165 Å². The fraction of sp³-hybridized carbons (Fsp3) is 0.190. The summed E-state index contributed by atoms with van der Waals surface area (Å²) in [5.74, 6) is 0.0178. The zero-order valence-electron chi connectivity index (χ0n) is 15.4. The van der Waals surface area contributed by atoms with Crippen molar-refractivity contribution < 1.29 is 23.5 Å². The highest BCUT2D eigenvalue weighted by Gasteiger charge is 2.36. The van der Waals surface area contributed by atoms with Gasteiger partial charge in [0.15, 0.2) is 17.3 Å². The van der Waals surface area contributed by atoms with Crippen LogP contribution in [0.15, 0.2) is 42.5 Å². The molecular weight excluding hydrogens is 377 g/mol. The molecule has 0 radical (unpaired) electrons. The van der Waals surface area contributed by atoms with Crippen LogP contribution in [0.5, 0.6) is 11.5 Å². The molecule has 0 fully saturated rings. The molecule has 2 aliphatic heterocycles. The van der Waals surface area contributed by atoms with E-state index in [2.05, 4.69) is 10.4 Å². The van der Waals surface area contributed by atoms with Gasteiger partial charge in [-0.15, -0.1) is 0 Å². The van der Waals surface area contributed by atoms with Crippen LogP contribution in [0.4, 0.5) is 10.2 Å². The van der Waals surface area contributed by atoms with Gasteiger partial charge in [0.2, 0.25) is 12.7 Å². The van der Waals surface area contributed by atoms with E-state index in [1.165, 1.54) is 16.8 Å². The van der Waals surface area contributed by atoms with Crippen LogP contribution in [0.3, 0.4) is 0 Å². The molecule has 146 valence electrons.